The highest BCUT2D eigenvalue weighted by molar-refractivity contribution is 8.00. The van der Waals surface area contributed by atoms with Gasteiger partial charge in [-0.25, -0.2) is 0 Å². The number of carbonyl (C=O) groups excluding carboxylic acids is 2. The minimum absolute atomic E-state index is 0.00602. The number of nitrogens with zero attached hydrogens (tertiary/aromatic N) is 3. The predicted octanol–water partition coefficient (Wildman–Crippen LogP) is 4.11. The Balaban J connectivity index is 1.68. The lowest BCUT2D eigenvalue weighted by molar-refractivity contribution is -0.115. The lowest BCUT2D eigenvalue weighted by Gasteiger charge is -2.12. The summed E-state index contributed by atoms with van der Waals surface area (Å²) in [5.41, 5.74) is 3.41. The Kier molecular flexibility index (Phi) is 5.94. The van der Waals surface area contributed by atoms with Crippen LogP contribution in [0.1, 0.15) is 29.8 Å². The van der Waals surface area contributed by atoms with Gasteiger partial charge in [0, 0.05) is 23.9 Å². The zero-order valence-electron chi connectivity index (χ0n) is 16.3. The average Bonchev–Trinajstić information content (AvgIpc) is 3.02. The van der Waals surface area contributed by atoms with Crippen LogP contribution in [0.5, 0.6) is 0 Å². The highest BCUT2D eigenvalue weighted by Gasteiger charge is 2.19. The Labute approximate surface area is 168 Å². The third kappa shape index (κ3) is 4.48. The van der Waals surface area contributed by atoms with Crippen LogP contribution in [0.3, 0.4) is 0 Å². The minimum Gasteiger partial charge on any atom is -0.325 e. The molecule has 1 heterocycles. The van der Waals surface area contributed by atoms with Gasteiger partial charge in [-0.15, -0.1) is 10.2 Å². The molecule has 0 aliphatic carbocycles. The van der Waals surface area contributed by atoms with E-state index >= 15 is 0 Å². The zero-order valence-corrected chi connectivity index (χ0v) is 17.1. The molecule has 1 N–H and O–H groups in total. The maximum Gasteiger partial charge on any atom is 0.237 e. The summed E-state index contributed by atoms with van der Waals surface area (Å²) in [5.74, 6) is 0.618. The van der Waals surface area contributed by atoms with Crippen molar-refractivity contribution >= 4 is 29.1 Å². The SMILES string of the molecule is CC(=O)c1ccc(NC(=O)[C@H](C)Sc2nnc(-c3cccc(C)c3)n2C)cc1. The molecule has 0 bridgehead atoms. The maximum atomic E-state index is 12.5. The Hall–Kier alpha value is -2.93. The van der Waals surface area contributed by atoms with Crippen LogP contribution in [0.25, 0.3) is 11.4 Å². The zero-order chi connectivity index (χ0) is 20.3. The summed E-state index contributed by atoms with van der Waals surface area (Å²) >= 11 is 1.35. The summed E-state index contributed by atoms with van der Waals surface area (Å²) < 4.78 is 1.89. The molecule has 1 aromatic heterocycles. The van der Waals surface area contributed by atoms with Crippen LogP contribution in [0, 0.1) is 6.92 Å². The van der Waals surface area contributed by atoms with Crippen LogP contribution in [0.15, 0.2) is 53.7 Å². The summed E-state index contributed by atoms with van der Waals surface area (Å²) in [7, 11) is 1.89. The quantitative estimate of drug-likeness (QED) is 0.503. The van der Waals surface area contributed by atoms with Crippen molar-refractivity contribution in [2.24, 2.45) is 7.05 Å². The third-order valence-corrected chi connectivity index (χ3v) is 5.46. The standard InChI is InChI=1S/C21H22N4O2S/c1-13-6-5-7-17(12-13)19-23-24-21(25(19)4)28-15(3)20(27)22-18-10-8-16(9-11-18)14(2)26/h5-12,15H,1-4H3,(H,22,27)/t15-/m0/s1. The molecule has 1 atom stereocenters. The van der Waals surface area contributed by atoms with Crippen molar-refractivity contribution in [1.82, 2.24) is 14.8 Å². The molecule has 3 aromatic rings. The lowest BCUT2D eigenvalue weighted by atomic mass is 10.1. The smallest absolute Gasteiger partial charge is 0.237 e. The number of amides is 1. The molecule has 0 saturated heterocycles. The summed E-state index contributed by atoms with van der Waals surface area (Å²) in [6.07, 6.45) is 0. The van der Waals surface area contributed by atoms with Crippen molar-refractivity contribution < 1.29 is 9.59 Å². The number of ketones is 1. The van der Waals surface area contributed by atoms with E-state index in [0.29, 0.717) is 16.4 Å². The molecule has 6 nitrogen and oxygen atoms in total. The van der Waals surface area contributed by atoms with Crippen molar-refractivity contribution in [3.63, 3.8) is 0 Å². The molecule has 0 saturated carbocycles. The predicted molar refractivity (Wildman–Crippen MR) is 112 cm³/mol. The van der Waals surface area contributed by atoms with E-state index in [9.17, 15) is 9.59 Å². The van der Waals surface area contributed by atoms with Gasteiger partial charge in [0.2, 0.25) is 5.91 Å². The van der Waals surface area contributed by atoms with Crippen LogP contribution in [0.4, 0.5) is 5.69 Å². The first-order chi connectivity index (χ1) is 13.3. The highest BCUT2D eigenvalue weighted by atomic mass is 32.2. The first-order valence-corrected chi connectivity index (χ1v) is 9.78. The number of thioether (sulfide) groups is 1. The number of anilines is 1. The molecular formula is C21H22N4O2S. The highest BCUT2D eigenvalue weighted by Crippen LogP contribution is 2.26. The van der Waals surface area contributed by atoms with E-state index < -0.39 is 0 Å². The molecule has 7 heteroatoms. The molecule has 0 spiro atoms. The van der Waals surface area contributed by atoms with Gasteiger partial charge in [0.25, 0.3) is 0 Å². The first-order valence-electron chi connectivity index (χ1n) is 8.90. The third-order valence-electron chi connectivity index (χ3n) is 4.32. The number of hydrogen-bond acceptors (Lipinski definition) is 5. The van der Waals surface area contributed by atoms with E-state index in [1.54, 1.807) is 24.3 Å². The molecule has 0 unspecified atom stereocenters. The van der Waals surface area contributed by atoms with E-state index in [1.165, 1.54) is 18.7 Å². The van der Waals surface area contributed by atoms with E-state index in [4.69, 9.17) is 0 Å². The van der Waals surface area contributed by atoms with E-state index in [-0.39, 0.29) is 16.9 Å². The fourth-order valence-electron chi connectivity index (χ4n) is 2.70. The fourth-order valence-corrected chi connectivity index (χ4v) is 3.51. The monoisotopic (exact) mass is 394 g/mol. The number of nitrogens with one attached hydrogen (secondary N) is 1. The lowest BCUT2D eigenvalue weighted by Crippen LogP contribution is -2.22. The van der Waals surface area contributed by atoms with Crippen molar-refractivity contribution in [2.75, 3.05) is 5.32 Å². The molecule has 0 aliphatic heterocycles. The minimum atomic E-state index is -0.360. The number of aromatic nitrogens is 3. The topological polar surface area (TPSA) is 76.9 Å². The van der Waals surface area contributed by atoms with Crippen LogP contribution < -0.4 is 5.32 Å². The van der Waals surface area contributed by atoms with Crippen molar-refractivity contribution in [2.45, 2.75) is 31.2 Å². The summed E-state index contributed by atoms with van der Waals surface area (Å²) in [4.78, 5) is 23.9. The Morgan fingerprint density at radius 3 is 2.46 bits per heavy atom. The van der Waals surface area contributed by atoms with E-state index in [1.807, 2.05) is 43.7 Å². The molecule has 0 fully saturated rings. The molecule has 2 aromatic carbocycles. The Morgan fingerprint density at radius 2 is 1.82 bits per heavy atom. The molecular weight excluding hydrogens is 372 g/mol. The second kappa shape index (κ2) is 8.39. The van der Waals surface area contributed by atoms with Gasteiger partial charge in [0.15, 0.2) is 16.8 Å². The number of hydrogen-bond donors (Lipinski definition) is 1. The largest absolute Gasteiger partial charge is 0.325 e. The Bertz CT molecular complexity index is 1010. The number of rotatable bonds is 6. The van der Waals surface area contributed by atoms with E-state index in [2.05, 4.69) is 21.6 Å². The molecule has 1 amide bonds. The normalized spacial score (nSPS) is 11.9. The number of benzene rings is 2. The van der Waals surface area contributed by atoms with Crippen molar-refractivity contribution in [3.8, 4) is 11.4 Å². The second-order valence-corrected chi connectivity index (χ2v) is 7.93. The first kappa shape index (κ1) is 19.8. The molecule has 0 aliphatic rings. The van der Waals surface area contributed by atoms with Gasteiger partial charge in [-0.3, -0.25) is 9.59 Å². The van der Waals surface area contributed by atoms with Crippen molar-refractivity contribution in [1.29, 1.82) is 0 Å². The molecule has 144 valence electrons. The number of carbonyl (C=O) groups is 2. The maximum absolute atomic E-state index is 12.5. The molecule has 0 radical (unpaired) electrons. The summed E-state index contributed by atoms with van der Waals surface area (Å²) in [6.45, 7) is 5.37. The number of Topliss-reactive ketones (excluding diaryl/α,β-unsaturated/α-hetero) is 1. The van der Waals surface area contributed by atoms with Crippen molar-refractivity contribution in [3.05, 3.63) is 59.7 Å². The van der Waals surface area contributed by atoms with Gasteiger partial charge in [-0.2, -0.15) is 0 Å². The van der Waals surface area contributed by atoms with Gasteiger partial charge in [0.1, 0.15) is 0 Å². The fraction of sp³-hybridized carbons (Fsp3) is 0.238. The molecule has 3 rings (SSSR count). The number of aryl methyl sites for hydroxylation is 1. The Morgan fingerprint density at radius 1 is 1.11 bits per heavy atom. The molecule has 28 heavy (non-hydrogen) atoms. The van der Waals surface area contributed by atoms with Crippen LogP contribution in [-0.2, 0) is 11.8 Å². The van der Waals surface area contributed by atoms with Gasteiger partial charge in [-0.05, 0) is 51.1 Å². The van der Waals surface area contributed by atoms with E-state index in [0.717, 1.165) is 17.0 Å². The van der Waals surface area contributed by atoms with Crippen LogP contribution in [-0.4, -0.2) is 31.7 Å². The average molecular weight is 395 g/mol. The van der Waals surface area contributed by atoms with Gasteiger partial charge in [0.05, 0.1) is 5.25 Å². The van der Waals surface area contributed by atoms with Gasteiger partial charge < -0.3 is 9.88 Å². The van der Waals surface area contributed by atoms with Gasteiger partial charge in [-0.1, -0.05) is 35.5 Å². The summed E-state index contributed by atoms with van der Waals surface area (Å²) in [5, 5.41) is 11.7. The summed E-state index contributed by atoms with van der Waals surface area (Å²) in [6, 6.07) is 14.9. The van der Waals surface area contributed by atoms with Crippen LogP contribution >= 0.6 is 11.8 Å². The second-order valence-electron chi connectivity index (χ2n) is 6.62. The van der Waals surface area contributed by atoms with Gasteiger partial charge >= 0.3 is 0 Å². The van der Waals surface area contributed by atoms with Crippen LogP contribution in [0.2, 0.25) is 0 Å².